The summed E-state index contributed by atoms with van der Waals surface area (Å²) in [6.45, 7) is 0. The van der Waals surface area contributed by atoms with E-state index in [1.54, 1.807) is 0 Å². The van der Waals surface area contributed by atoms with Crippen molar-refractivity contribution in [1.82, 2.24) is 4.98 Å². The van der Waals surface area contributed by atoms with Crippen molar-refractivity contribution in [3.05, 3.63) is 24.0 Å². The van der Waals surface area contributed by atoms with E-state index in [0.717, 1.165) is 19.3 Å². The lowest BCUT2D eigenvalue weighted by Gasteiger charge is -2.05. The second-order valence-corrected chi connectivity index (χ2v) is 3.29. The van der Waals surface area contributed by atoms with Crippen molar-refractivity contribution in [2.24, 2.45) is 0 Å². The number of aliphatic hydroxyl groups excluding tert-OH is 1. The Morgan fingerprint density at radius 3 is 2.91 bits per heavy atom. The number of H-pyrrole nitrogens is 1. The third-order valence-electron chi connectivity index (χ3n) is 2.47. The second-order valence-electron chi connectivity index (χ2n) is 3.29. The molecular weight excluding hydrogens is 138 g/mol. The van der Waals surface area contributed by atoms with E-state index in [4.69, 9.17) is 0 Å². The summed E-state index contributed by atoms with van der Waals surface area (Å²) in [5.74, 6) is 0.569. The summed E-state index contributed by atoms with van der Waals surface area (Å²) in [5, 5.41) is 9.28. The van der Waals surface area contributed by atoms with Crippen molar-refractivity contribution in [1.29, 1.82) is 0 Å². The molecule has 0 aromatic carbocycles. The van der Waals surface area contributed by atoms with Crippen molar-refractivity contribution in [3.63, 3.8) is 0 Å². The number of nitrogens with one attached hydrogen (secondary N) is 1. The SMILES string of the molecule is OC1CCC(c2ccc[nH]2)C1. The minimum absolute atomic E-state index is 0.0664. The quantitative estimate of drug-likeness (QED) is 0.629. The van der Waals surface area contributed by atoms with Crippen LogP contribution in [0.4, 0.5) is 0 Å². The van der Waals surface area contributed by atoms with Gasteiger partial charge in [-0.05, 0) is 31.4 Å². The van der Waals surface area contributed by atoms with Gasteiger partial charge in [-0.1, -0.05) is 0 Å². The molecule has 1 aromatic rings. The zero-order valence-electron chi connectivity index (χ0n) is 6.46. The predicted octanol–water partition coefficient (Wildman–Crippen LogP) is 1.64. The lowest BCUT2D eigenvalue weighted by Crippen LogP contribution is -1.99. The molecule has 0 radical (unpaired) electrons. The molecule has 0 amide bonds. The summed E-state index contributed by atoms with van der Waals surface area (Å²) in [4.78, 5) is 3.19. The highest BCUT2D eigenvalue weighted by atomic mass is 16.3. The Bertz CT molecular complexity index is 217. The number of rotatable bonds is 1. The first-order valence-electron chi connectivity index (χ1n) is 4.17. The van der Waals surface area contributed by atoms with Gasteiger partial charge in [-0.15, -0.1) is 0 Å². The number of hydrogen-bond acceptors (Lipinski definition) is 1. The minimum atomic E-state index is -0.0664. The Morgan fingerprint density at radius 2 is 2.36 bits per heavy atom. The summed E-state index contributed by atoms with van der Waals surface area (Å²) < 4.78 is 0. The topological polar surface area (TPSA) is 36.0 Å². The largest absolute Gasteiger partial charge is 0.393 e. The average molecular weight is 151 g/mol. The van der Waals surface area contributed by atoms with Gasteiger partial charge in [0, 0.05) is 17.8 Å². The first-order valence-corrected chi connectivity index (χ1v) is 4.17. The molecule has 2 unspecified atom stereocenters. The summed E-state index contributed by atoms with van der Waals surface area (Å²) in [7, 11) is 0. The highest BCUT2D eigenvalue weighted by Gasteiger charge is 2.24. The fourth-order valence-electron chi connectivity index (χ4n) is 1.84. The molecule has 0 bridgehead atoms. The maximum atomic E-state index is 9.28. The van der Waals surface area contributed by atoms with E-state index < -0.39 is 0 Å². The molecule has 60 valence electrons. The monoisotopic (exact) mass is 151 g/mol. The van der Waals surface area contributed by atoms with Crippen molar-refractivity contribution in [2.75, 3.05) is 0 Å². The molecule has 2 heteroatoms. The van der Waals surface area contributed by atoms with Gasteiger partial charge in [-0.25, -0.2) is 0 Å². The van der Waals surface area contributed by atoms with Gasteiger partial charge in [0.15, 0.2) is 0 Å². The summed E-state index contributed by atoms with van der Waals surface area (Å²) in [6.07, 6.45) is 4.90. The fourth-order valence-corrected chi connectivity index (χ4v) is 1.84. The standard InChI is InChI=1S/C9H13NO/c11-8-4-3-7(6-8)9-2-1-5-10-9/h1-2,5,7-8,10-11H,3-4,6H2. The molecule has 0 spiro atoms. The predicted molar refractivity (Wildman–Crippen MR) is 43.4 cm³/mol. The zero-order valence-corrected chi connectivity index (χ0v) is 6.46. The normalized spacial score (nSPS) is 31.0. The molecule has 2 rings (SSSR count). The molecule has 1 aliphatic carbocycles. The van der Waals surface area contributed by atoms with Crippen LogP contribution in [0.15, 0.2) is 18.3 Å². The molecule has 11 heavy (non-hydrogen) atoms. The zero-order chi connectivity index (χ0) is 7.68. The van der Waals surface area contributed by atoms with Crippen LogP contribution in [0.25, 0.3) is 0 Å². The number of aromatic amines is 1. The fraction of sp³-hybridized carbons (Fsp3) is 0.556. The van der Waals surface area contributed by atoms with E-state index in [2.05, 4.69) is 11.1 Å². The van der Waals surface area contributed by atoms with Crippen LogP contribution in [0.5, 0.6) is 0 Å². The maximum Gasteiger partial charge on any atom is 0.0546 e. The van der Waals surface area contributed by atoms with E-state index in [1.807, 2.05) is 12.3 Å². The average Bonchev–Trinajstić information content (AvgIpc) is 2.55. The minimum Gasteiger partial charge on any atom is -0.393 e. The first kappa shape index (κ1) is 6.92. The number of aliphatic hydroxyl groups is 1. The van der Waals surface area contributed by atoms with Gasteiger partial charge >= 0.3 is 0 Å². The maximum absolute atomic E-state index is 9.28. The molecule has 2 N–H and O–H groups in total. The van der Waals surface area contributed by atoms with Gasteiger partial charge in [-0.2, -0.15) is 0 Å². The molecule has 2 atom stereocenters. The van der Waals surface area contributed by atoms with Gasteiger partial charge in [0.25, 0.3) is 0 Å². The molecule has 2 nitrogen and oxygen atoms in total. The highest BCUT2D eigenvalue weighted by Crippen LogP contribution is 2.33. The lowest BCUT2D eigenvalue weighted by molar-refractivity contribution is 0.181. The van der Waals surface area contributed by atoms with Gasteiger partial charge in [0.2, 0.25) is 0 Å². The van der Waals surface area contributed by atoms with Crippen LogP contribution in [-0.2, 0) is 0 Å². The molecule has 1 aliphatic rings. The molecule has 1 aromatic heterocycles. The summed E-state index contributed by atoms with van der Waals surface area (Å²) >= 11 is 0. The van der Waals surface area contributed by atoms with Gasteiger partial charge < -0.3 is 10.1 Å². The van der Waals surface area contributed by atoms with Gasteiger partial charge in [0.1, 0.15) is 0 Å². The van der Waals surface area contributed by atoms with Crippen molar-refractivity contribution in [3.8, 4) is 0 Å². The Balaban J connectivity index is 2.08. The molecule has 0 saturated heterocycles. The third kappa shape index (κ3) is 1.31. The van der Waals surface area contributed by atoms with Crippen LogP contribution in [-0.4, -0.2) is 16.2 Å². The van der Waals surface area contributed by atoms with Gasteiger partial charge in [0.05, 0.1) is 6.10 Å². The molecule has 0 aliphatic heterocycles. The number of aromatic nitrogens is 1. The van der Waals surface area contributed by atoms with E-state index in [-0.39, 0.29) is 6.10 Å². The van der Waals surface area contributed by atoms with E-state index in [0.29, 0.717) is 5.92 Å². The molecule has 1 saturated carbocycles. The Labute approximate surface area is 66.3 Å². The van der Waals surface area contributed by atoms with Crippen LogP contribution in [0.1, 0.15) is 30.9 Å². The Hall–Kier alpha value is -0.760. The van der Waals surface area contributed by atoms with Crippen LogP contribution >= 0.6 is 0 Å². The Kier molecular flexibility index (Phi) is 1.70. The summed E-state index contributed by atoms with van der Waals surface area (Å²) in [6, 6.07) is 4.11. The lowest BCUT2D eigenvalue weighted by atomic mass is 10.0. The van der Waals surface area contributed by atoms with Crippen LogP contribution in [0.2, 0.25) is 0 Å². The van der Waals surface area contributed by atoms with Crippen molar-refractivity contribution >= 4 is 0 Å². The van der Waals surface area contributed by atoms with E-state index in [9.17, 15) is 5.11 Å². The summed E-state index contributed by atoms with van der Waals surface area (Å²) in [5.41, 5.74) is 1.28. The van der Waals surface area contributed by atoms with E-state index >= 15 is 0 Å². The Morgan fingerprint density at radius 1 is 1.45 bits per heavy atom. The second kappa shape index (κ2) is 2.70. The molecular formula is C9H13NO. The van der Waals surface area contributed by atoms with Crippen LogP contribution in [0.3, 0.4) is 0 Å². The van der Waals surface area contributed by atoms with Crippen molar-refractivity contribution < 1.29 is 5.11 Å². The molecule has 1 heterocycles. The van der Waals surface area contributed by atoms with Crippen LogP contribution < -0.4 is 0 Å². The van der Waals surface area contributed by atoms with E-state index in [1.165, 1.54) is 5.69 Å². The van der Waals surface area contributed by atoms with Crippen molar-refractivity contribution in [2.45, 2.75) is 31.3 Å². The first-order chi connectivity index (χ1) is 5.36. The number of hydrogen-bond donors (Lipinski definition) is 2. The highest BCUT2D eigenvalue weighted by molar-refractivity contribution is 5.11. The third-order valence-corrected chi connectivity index (χ3v) is 2.47. The molecule has 1 fully saturated rings. The van der Waals surface area contributed by atoms with Gasteiger partial charge in [-0.3, -0.25) is 0 Å². The smallest absolute Gasteiger partial charge is 0.0546 e. The van der Waals surface area contributed by atoms with Crippen LogP contribution in [0, 0.1) is 0 Å².